The van der Waals surface area contributed by atoms with Gasteiger partial charge in [0.2, 0.25) is 0 Å². The smallest absolute Gasteiger partial charge is 0.191 e. The molecule has 102 valence electrons. The zero-order chi connectivity index (χ0) is 12.0. The zero-order valence-electron chi connectivity index (χ0n) is 10.4. The van der Waals surface area contributed by atoms with Gasteiger partial charge in [-0.3, -0.25) is 4.99 Å². The molecule has 1 aliphatic carbocycles. The molecule has 5 nitrogen and oxygen atoms in total. The van der Waals surface area contributed by atoms with E-state index >= 15 is 0 Å². The Morgan fingerprint density at radius 3 is 2.47 bits per heavy atom. The van der Waals surface area contributed by atoms with Gasteiger partial charge in [0.05, 0.1) is 5.75 Å². The first kappa shape index (κ1) is 16.9. The number of guanidine groups is 1. The van der Waals surface area contributed by atoms with Crippen LogP contribution in [-0.2, 0) is 9.84 Å². The Morgan fingerprint density at radius 1 is 1.35 bits per heavy atom. The first-order valence-electron chi connectivity index (χ1n) is 5.72. The van der Waals surface area contributed by atoms with Gasteiger partial charge in [-0.25, -0.2) is 8.42 Å². The quantitative estimate of drug-likeness (QED) is 0.406. The molecule has 1 saturated carbocycles. The van der Waals surface area contributed by atoms with Crippen LogP contribution in [-0.4, -0.2) is 46.0 Å². The maximum Gasteiger partial charge on any atom is 0.191 e. The fourth-order valence-corrected chi connectivity index (χ4v) is 1.95. The van der Waals surface area contributed by atoms with Gasteiger partial charge >= 0.3 is 0 Å². The summed E-state index contributed by atoms with van der Waals surface area (Å²) in [5, 5.41) is 6.18. The molecule has 1 rings (SSSR count). The van der Waals surface area contributed by atoms with Crippen molar-refractivity contribution < 1.29 is 8.42 Å². The largest absolute Gasteiger partial charge is 0.356 e. The molecule has 0 spiro atoms. The van der Waals surface area contributed by atoms with E-state index in [2.05, 4.69) is 15.6 Å². The van der Waals surface area contributed by atoms with Crippen molar-refractivity contribution in [2.75, 3.05) is 31.6 Å². The van der Waals surface area contributed by atoms with E-state index in [-0.39, 0.29) is 35.5 Å². The molecule has 0 aromatic carbocycles. The van der Waals surface area contributed by atoms with Gasteiger partial charge in [-0.15, -0.1) is 24.0 Å². The van der Waals surface area contributed by atoms with Crippen molar-refractivity contribution in [3.8, 4) is 0 Å². The van der Waals surface area contributed by atoms with Gasteiger partial charge in [0.15, 0.2) is 15.8 Å². The van der Waals surface area contributed by atoms with Crippen molar-refractivity contribution in [1.29, 1.82) is 0 Å². The number of nitrogens with one attached hydrogen (secondary N) is 2. The molecular weight excluding hydrogens is 353 g/mol. The predicted octanol–water partition coefficient (Wildman–Crippen LogP) is 0.614. The molecule has 0 aromatic heterocycles. The first-order valence-corrected chi connectivity index (χ1v) is 7.54. The minimum Gasteiger partial charge on any atom is -0.356 e. The van der Waals surface area contributed by atoms with Crippen LogP contribution in [0.5, 0.6) is 0 Å². The average molecular weight is 375 g/mol. The molecule has 7 heteroatoms. The highest BCUT2D eigenvalue weighted by molar-refractivity contribution is 14.0. The topological polar surface area (TPSA) is 70.6 Å². The summed E-state index contributed by atoms with van der Waals surface area (Å²) in [6, 6.07) is 0. The number of sulfone groups is 1. The lowest BCUT2D eigenvalue weighted by atomic mass is 10.4. The third-order valence-corrected chi connectivity index (χ3v) is 4.33. The predicted molar refractivity (Wildman–Crippen MR) is 81.8 cm³/mol. The average Bonchev–Trinajstić information content (AvgIpc) is 3.07. The monoisotopic (exact) mass is 375 g/mol. The molecule has 0 heterocycles. The van der Waals surface area contributed by atoms with Gasteiger partial charge in [0, 0.05) is 25.9 Å². The van der Waals surface area contributed by atoms with E-state index in [0.29, 0.717) is 12.5 Å². The number of hydrogen-bond donors (Lipinski definition) is 2. The van der Waals surface area contributed by atoms with E-state index in [1.54, 1.807) is 14.0 Å². The summed E-state index contributed by atoms with van der Waals surface area (Å²) in [5.74, 6) is 1.83. The van der Waals surface area contributed by atoms with Crippen molar-refractivity contribution in [1.82, 2.24) is 10.6 Å². The van der Waals surface area contributed by atoms with Crippen LogP contribution in [0.2, 0.25) is 0 Å². The van der Waals surface area contributed by atoms with Crippen LogP contribution in [0.4, 0.5) is 0 Å². The highest BCUT2D eigenvalue weighted by Crippen LogP contribution is 2.27. The highest BCUT2D eigenvalue weighted by atomic mass is 127. The number of rotatable bonds is 6. The Labute approximate surface area is 121 Å². The van der Waals surface area contributed by atoms with Gasteiger partial charge in [-0.05, 0) is 18.8 Å². The van der Waals surface area contributed by atoms with E-state index < -0.39 is 9.84 Å². The third kappa shape index (κ3) is 7.80. The molecular formula is C10H22IN3O2S. The summed E-state index contributed by atoms with van der Waals surface area (Å²) < 4.78 is 22.5. The van der Waals surface area contributed by atoms with Gasteiger partial charge in [0.1, 0.15) is 0 Å². The molecule has 0 radical (unpaired) electrons. The molecule has 0 bridgehead atoms. The second-order valence-corrected chi connectivity index (χ2v) is 6.53. The lowest BCUT2D eigenvalue weighted by Gasteiger charge is -2.11. The van der Waals surface area contributed by atoms with Crippen LogP contribution < -0.4 is 10.6 Å². The van der Waals surface area contributed by atoms with E-state index in [9.17, 15) is 8.42 Å². The van der Waals surface area contributed by atoms with Crippen LogP contribution in [0.25, 0.3) is 0 Å². The summed E-state index contributed by atoms with van der Waals surface area (Å²) in [5.41, 5.74) is 0. The van der Waals surface area contributed by atoms with Crippen LogP contribution >= 0.6 is 24.0 Å². The van der Waals surface area contributed by atoms with Gasteiger partial charge in [-0.2, -0.15) is 0 Å². The molecule has 0 unspecified atom stereocenters. The Balaban J connectivity index is 0.00000256. The number of hydrogen-bond acceptors (Lipinski definition) is 3. The lowest BCUT2D eigenvalue weighted by Crippen LogP contribution is -2.40. The summed E-state index contributed by atoms with van der Waals surface area (Å²) >= 11 is 0. The van der Waals surface area contributed by atoms with Crippen molar-refractivity contribution in [3.05, 3.63) is 0 Å². The molecule has 0 atom stereocenters. The molecule has 0 aliphatic heterocycles. The number of nitrogens with zero attached hydrogens (tertiary/aromatic N) is 1. The van der Waals surface area contributed by atoms with Crippen molar-refractivity contribution in [2.24, 2.45) is 10.9 Å². The van der Waals surface area contributed by atoms with E-state index in [1.165, 1.54) is 12.8 Å². The summed E-state index contributed by atoms with van der Waals surface area (Å²) in [6.45, 7) is 3.01. The lowest BCUT2D eigenvalue weighted by molar-refractivity contribution is 0.595. The maximum atomic E-state index is 11.2. The van der Waals surface area contributed by atoms with Crippen molar-refractivity contribution in [3.63, 3.8) is 0 Å². The van der Waals surface area contributed by atoms with Crippen LogP contribution in [0.15, 0.2) is 4.99 Å². The SMILES string of the molecule is CCS(=O)(=O)CCNC(=NC)NCC1CC1.I. The molecule has 1 aliphatic rings. The standard InChI is InChI=1S/C10H21N3O2S.HI/c1-3-16(14,15)7-6-12-10(11-2)13-8-9-4-5-9;/h9H,3-8H2,1-2H3,(H2,11,12,13);1H. The molecule has 17 heavy (non-hydrogen) atoms. The maximum absolute atomic E-state index is 11.2. The fourth-order valence-electron chi connectivity index (χ4n) is 1.25. The molecule has 2 N–H and O–H groups in total. The highest BCUT2D eigenvalue weighted by Gasteiger charge is 2.21. The van der Waals surface area contributed by atoms with Gasteiger partial charge < -0.3 is 10.6 Å². The summed E-state index contributed by atoms with van der Waals surface area (Å²) in [4.78, 5) is 4.03. The second kappa shape index (κ2) is 8.12. The fraction of sp³-hybridized carbons (Fsp3) is 0.900. The molecule has 0 amide bonds. The summed E-state index contributed by atoms with van der Waals surface area (Å²) in [6.07, 6.45) is 2.57. The Hall–Kier alpha value is -0.0500. The summed E-state index contributed by atoms with van der Waals surface area (Å²) in [7, 11) is -1.20. The van der Waals surface area contributed by atoms with Gasteiger partial charge in [-0.1, -0.05) is 6.92 Å². The van der Waals surface area contributed by atoms with E-state index in [1.807, 2.05) is 0 Å². The Bertz CT molecular complexity index is 339. The van der Waals surface area contributed by atoms with Crippen LogP contribution in [0, 0.1) is 5.92 Å². The van der Waals surface area contributed by atoms with Gasteiger partial charge in [0.25, 0.3) is 0 Å². The van der Waals surface area contributed by atoms with Crippen molar-refractivity contribution in [2.45, 2.75) is 19.8 Å². The first-order chi connectivity index (χ1) is 7.57. The zero-order valence-corrected chi connectivity index (χ0v) is 13.5. The normalized spacial score (nSPS) is 16.2. The van der Waals surface area contributed by atoms with E-state index in [4.69, 9.17) is 0 Å². The molecule has 0 aromatic rings. The second-order valence-electron chi connectivity index (χ2n) is 4.06. The molecule has 1 fully saturated rings. The van der Waals surface area contributed by atoms with Crippen molar-refractivity contribution >= 4 is 39.8 Å². The third-order valence-electron chi connectivity index (χ3n) is 2.62. The molecule has 0 saturated heterocycles. The number of halogens is 1. The Morgan fingerprint density at radius 2 is 2.00 bits per heavy atom. The minimum atomic E-state index is -2.89. The minimum absolute atomic E-state index is 0. The number of aliphatic imine (C=N–C) groups is 1. The van der Waals surface area contributed by atoms with Crippen LogP contribution in [0.1, 0.15) is 19.8 Å². The van der Waals surface area contributed by atoms with Crippen LogP contribution in [0.3, 0.4) is 0 Å². The van der Waals surface area contributed by atoms with E-state index in [0.717, 1.165) is 12.5 Å². The Kier molecular flexibility index (Phi) is 8.10.